The van der Waals surface area contributed by atoms with Crippen molar-refractivity contribution in [3.05, 3.63) is 11.6 Å². The summed E-state index contributed by atoms with van der Waals surface area (Å²) < 4.78 is 8.55. The highest BCUT2D eigenvalue weighted by atomic mass is 16.5. The molecule has 94 valence electrons. The third-order valence-corrected chi connectivity index (χ3v) is 1.42. The second kappa shape index (κ2) is 6.99. The second-order valence-electron chi connectivity index (χ2n) is 2.78. The van der Waals surface area contributed by atoms with Crippen molar-refractivity contribution in [2.75, 3.05) is 13.7 Å². The number of alkyl carbamates (subject to hydrolysis) is 1. The molecule has 0 saturated carbocycles. The van der Waals surface area contributed by atoms with E-state index in [4.69, 9.17) is 5.11 Å². The molecule has 0 radical (unpaired) electrons. The number of carbonyl (C=O) groups excluding carboxylic acids is 3. The molecule has 0 aliphatic rings. The normalized spacial score (nSPS) is 10.4. The number of carboxylic acids is 1. The minimum Gasteiger partial charge on any atom is -0.478 e. The first-order valence-electron chi connectivity index (χ1n) is 4.33. The molecule has 8 nitrogen and oxygen atoms in total. The lowest BCUT2D eigenvalue weighted by Crippen LogP contribution is -2.34. The van der Waals surface area contributed by atoms with Gasteiger partial charge in [-0.25, -0.2) is 14.4 Å². The number of methoxy groups -OCH3 is 1. The van der Waals surface area contributed by atoms with Crippen molar-refractivity contribution in [3.63, 3.8) is 0 Å². The molecule has 17 heavy (non-hydrogen) atoms. The van der Waals surface area contributed by atoms with Gasteiger partial charge in [0, 0.05) is 11.6 Å². The smallest absolute Gasteiger partial charge is 0.413 e. The molecule has 0 unspecified atom stereocenters. The van der Waals surface area contributed by atoms with E-state index in [1.165, 1.54) is 6.92 Å². The predicted molar refractivity (Wildman–Crippen MR) is 52.9 cm³/mol. The highest BCUT2D eigenvalue weighted by Gasteiger charge is 2.12. The van der Waals surface area contributed by atoms with Crippen LogP contribution in [0.2, 0.25) is 0 Å². The van der Waals surface area contributed by atoms with Crippen LogP contribution in [0.25, 0.3) is 0 Å². The lowest BCUT2D eigenvalue weighted by Gasteiger charge is -2.04. The summed E-state index contributed by atoms with van der Waals surface area (Å²) in [5.41, 5.74) is -0.177. The molecule has 0 rings (SSSR count). The van der Waals surface area contributed by atoms with Crippen molar-refractivity contribution in [2.45, 2.75) is 6.92 Å². The van der Waals surface area contributed by atoms with Gasteiger partial charge in [0.05, 0.1) is 7.11 Å². The maximum absolute atomic E-state index is 11.1. The molecule has 0 aromatic carbocycles. The lowest BCUT2D eigenvalue weighted by atomic mass is 10.3. The topological polar surface area (TPSA) is 119 Å². The van der Waals surface area contributed by atoms with Gasteiger partial charge in [-0.2, -0.15) is 0 Å². The number of esters is 1. The van der Waals surface area contributed by atoms with Crippen LogP contribution >= 0.6 is 0 Å². The number of carboxylic acid groups (broad SMARTS) is 1. The van der Waals surface area contributed by atoms with Crippen LogP contribution in [0.1, 0.15) is 6.92 Å². The van der Waals surface area contributed by atoms with E-state index < -0.39 is 30.5 Å². The molecule has 0 saturated heterocycles. The van der Waals surface area contributed by atoms with Gasteiger partial charge in [-0.1, -0.05) is 0 Å². The minimum atomic E-state index is -1.31. The van der Waals surface area contributed by atoms with Crippen molar-refractivity contribution in [1.29, 1.82) is 0 Å². The Morgan fingerprint density at radius 2 is 1.88 bits per heavy atom. The Morgan fingerprint density at radius 1 is 1.29 bits per heavy atom. The average Bonchev–Trinajstić information content (AvgIpc) is 2.24. The summed E-state index contributed by atoms with van der Waals surface area (Å²) in [4.78, 5) is 42.8. The van der Waals surface area contributed by atoms with E-state index in [-0.39, 0.29) is 5.57 Å². The van der Waals surface area contributed by atoms with Crippen LogP contribution in [0.4, 0.5) is 4.79 Å². The summed E-state index contributed by atoms with van der Waals surface area (Å²) in [5, 5.41) is 10.1. The molecule has 0 heterocycles. The fourth-order valence-corrected chi connectivity index (χ4v) is 0.690. The van der Waals surface area contributed by atoms with Crippen LogP contribution < -0.4 is 5.32 Å². The lowest BCUT2D eigenvalue weighted by molar-refractivity contribution is -0.144. The Labute approximate surface area is 96.2 Å². The zero-order chi connectivity index (χ0) is 13.4. The Bertz CT molecular complexity index is 372. The van der Waals surface area contributed by atoms with Gasteiger partial charge < -0.3 is 14.6 Å². The third kappa shape index (κ3) is 6.66. The number of hydrogen-bond acceptors (Lipinski definition) is 6. The zero-order valence-electron chi connectivity index (χ0n) is 9.18. The summed E-state index contributed by atoms with van der Waals surface area (Å²) in [6, 6.07) is 0. The number of hydrogen-bond donors (Lipinski definition) is 2. The SMILES string of the molecule is COC(=O)NC(=O)COC(=O)C(C)=CC(=O)O. The summed E-state index contributed by atoms with van der Waals surface area (Å²) in [6.45, 7) is 0.507. The first kappa shape index (κ1) is 14.6. The molecule has 8 heteroatoms. The van der Waals surface area contributed by atoms with Crippen LogP contribution in [0.3, 0.4) is 0 Å². The Hall–Kier alpha value is -2.38. The van der Waals surface area contributed by atoms with Crippen molar-refractivity contribution >= 4 is 23.9 Å². The Morgan fingerprint density at radius 3 is 2.35 bits per heavy atom. The minimum absolute atomic E-state index is 0.177. The summed E-state index contributed by atoms with van der Waals surface area (Å²) in [5.74, 6) is -3.15. The fourth-order valence-electron chi connectivity index (χ4n) is 0.690. The molecule has 2 amide bonds. The second-order valence-corrected chi connectivity index (χ2v) is 2.78. The number of nitrogens with one attached hydrogen (secondary N) is 1. The van der Waals surface area contributed by atoms with Crippen LogP contribution in [0.15, 0.2) is 11.6 Å². The summed E-state index contributed by atoms with van der Waals surface area (Å²) in [7, 11) is 1.06. The van der Waals surface area contributed by atoms with E-state index in [0.717, 1.165) is 7.11 Å². The predicted octanol–water partition coefficient (Wildman–Crippen LogP) is -0.557. The number of ether oxygens (including phenoxy) is 2. The zero-order valence-corrected chi connectivity index (χ0v) is 9.18. The van der Waals surface area contributed by atoms with Crippen molar-refractivity contribution in [3.8, 4) is 0 Å². The molecule has 0 aromatic rings. The van der Waals surface area contributed by atoms with Crippen LogP contribution in [-0.4, -0.2) is 42.8 Å². The molecule has 0 fully saturated rings. The van der Waals surface area contributed by atoms with Gasteiger partial charge in [0.25, 0.3) is 5.91 Å². The molecule has 0 spiro atoms. The Balaban J connectivity index is 4.12. The van der Waals surface area contributed by atoms with Crippen LogP contribution in [0.5, 0.6) is 0 Å². The molecule has 2 N–H and O–H groups in total. The first-order valence-corrected chi connectivity index (χ1v) is 4.33. The van der Waals surface area contributed by atoms with Crippen LogP contribution in [-0.2, 0) is 23.9 Å². The molecular formula is C9H11NO7. The molecular weight excluding hydrogens is 234 g/mol. The van der Waals surface area contributed by atoms with Gasteiger partial charge in [0.15, 0.2) is 6.61 Å². The monoisotopic (exact) mass is 245 g/mol. The van der Waals surface area contributed by atoms with Gasteiger partial charge in [-0.15, -0.1) is 0 Å². The molecule has 0 aliphatic heterocycles. The summed E-state index contributed by atoms with van der Waals surface area (Å²) in [6.07, 6.45) is -0.343. The first-order chi connectivity index (χ1) is 7.86. The maximum atomic E-state index is 11.1. The number of aliphatic carboxylic acids is 1. The maximum Gasteiger partial charge on any atom is 0.413 e. The standard InChI is InChI=1S/C9H11NO7/c1-5(3-7(12)13)8(14)17-4-6(11)10-9(15)16-2/h3H,4H2,1-2H3,(H,12,13)(H,10,11,15). The number of rotatable bonds is 4. The van der Waals surface area contributed by atoms with Crippen molar-refractivity contribution < 1.29 is 33.8 Å². The number of carbonyl (C=O) groups is 4. The largest absolute Gasteiger partial charge is 0.478 e. The summed E-state index contributed by atoms with van der Waals surface area (Å²) >= 11 is 0. The van der Waals surface area contributed by atoms with E-state index in [9.17, 15) is 19.2 Å². The molecule has 0 aliphatic carbocycles. The van der Waals surface area contributed by atoms with Gasteiger partial charge in [0.1, 0.15) is 0 Å². The van der Waals surface area contributed by atoms with Crippen molar-refractivity contribution in [2.24, 2.45) is 0 Å². The Kier molecular flexibility index (Phi) is 6.01. The third-order valence-electron chi connectivity index (χ3n) is 1.42. The average molecular weight is 245 g/mol. The number of amides is 2. The molecule has 0 atom stereocenters. The highest BCUT2D eigenvalue weighted by Crippen LogP contribution is 1.96. The van der Waals surface area contributed by atoms with E-state index >= 15 is 0 Å². The molecule has 0 aromatic heterocycles. The fraction of sp³-hybridized carbons (Fsp3) is 0.333. The van der Waals surface area contributed by atoms with E-state index in [1.54, 1.807) is 5.32 Å². The number of imide groups is 1. The van der Waals surface area contributed by atoms with Crippen molar-refractivity contribution in [1.82, 2.24) is 5.32 Å². The highest BCUT2D eigenvalue weighted by molar-refractivity contribution is 5.97. The van der Waals surface area contributed by atoms with Gasteiger partial charge in [-0.3, -0.25) is 10.1 Å². The van der Waals surface area contributed by atoms with Gasteiger partial charge in [0.2, 0.25) is 0 Å². The quantitative estimate of drug-likeness (QED) is 0.503. The van der Waals surface area contributed by atoms with Gasteiger partial charge >= 0.3 is 18.0 Å². The van der Waals surface area contributed by atoms with E-state index in [2.05, 4.69) is 9.47 Å². The van der Waals surface area contributed by atoms with E-state index in [1.807, 2.05) is 0 Å². The molecule has 0 bridgehead atoms. The van der Waals surface area contributed by atoms with Crippen LogP contribution in [0, 0.1) is 0 Å². The van der Waals surface area contributed by atoms with E-state index in [0.29, 0.717) is 6.08 Å². The van der Waals surface area contributed by atoms with Gasteiger partial charge in [-0.05, 0) is 6.92 Å².